The van der Waals surface area contributed by atoms with E-state index >= 15 is 0 Å². The van der Waals surface area contributed by atoms with Gasteiger partial charge in [0.2, 0.25) is 5.89 Å². The van der Waals surface area contributed by atoms with E-state index in [1.54, 1.807) is 0 Å². The van der Waals surface area contributed by atoms with E-state index in [9.17, 15) is 0 Å². The Kier molecular flexibility index (Phi) is 4.51. The fraction of sp³-hybridized carbons (Fsp3) is 0.0370. The highest BCUT2D eigenvalue weighted by atomic mass is 35.5. The second-order valence-corrected chi connectivity index (χ2v) is 8.20. The van der Waals surface area contributed by atoms with Crippen molar-refractivity contribution >= 4 is 33.5 Å². The first-order valence-corrected chi connectivity index (χ1v) is 10.8. The minimum absolute atomic E-state index is 0.532. The number of aromatic nitrogens is 3. The smallest absolute Gasteiger partial charge is 0.231 e. The van der Waals surface area contributed by atoms with Crippen LogP contribution in [0.4, 0.5) is 0 Å². The molecule has 6 aromatic rings. The van der Waals surface area contributed by atoms with E-state index in [1.165, 1.54) is 10.9 Å². The normalized spacial score (nSPS) is 11.4. The SMILES string of the molecule is Clc1ccc2oc(-c3cn(Cc4ccccc4)nc3-c3ccc4ccccc4c3)nc2c1. The second-order valence-electron chi connectivity index (χ2n) is 7.77. The van der Waals surface area contributed by atoms with Crippen molar-refractivity contribution in [3.8, 4) is 22.7 Å². The molecule has 2 heterocycles. The van der Waals surface area contributed by atoms with Crippen molar-refractivity contribution in [3.05, 3.63) is 108 Å². The summed E-state index contributed by atoms with van der Waals surface area (Å²) in [6, 6.07) is 30.4. The van der Waals surface area contributed by atoms with Crippen LogP contribution in [-0.2, 0) is 6.54 Å². The summed E-state index contributed by atoms with van der Waals surface area (Å²) in [5.74, 6) is 0.532. The highest BCUT2D eigenvalue weighted by Gasteiger charge is 2.19. The Morgan fingerprint density at radius 2 is 1.62 bits per heavy atom. The molecule has 0 aliphatic carbocycles. The van der Waals surface area contributed by atoms with Crippen LogP contribution in [0.2, 0.25) is 5.02 Å². The third-order valence-corrected chi connectivity index (χ3v) is 5.79. The molecular formula is C27H18ClN3O. The van der Waals surface area contributed by atoms with Crippen molar-refractivity contribution in [1.29, 1.82) is 0 Å². The summed E-state index contributed by atoms with van der Waals surface area (Å²) in [5, 5.41) is 7.93. The van der Waals surface area contributed by atoms with Gasteiger partial charge in [0.1, 0.15) is 11.2 Å². The van der Waals surface area contributed by atoms with Gasteiger partial charge in [-0.1, -0.05) is 78.3 Å². The van der Waals surface area contributed by atoms with Crippen molar-refractivity contribution in [2.45, 2.75) is 6.54 Å². The lowest BCUT2D eigenvalue weighted by atomic mass is 10.0. The van der Waals surface area contributed by atoms with Gasteiger partial charge < -0.3 is 4.42 Å². The van der Waals surface area contributed by atoms with E-state index in [2.05, 4.69) is 42.5 Å². The fourth-order valence-corrected chi connectivity index (χ4v) is 4.16. The Balaban J connectivity index is 1.51. The number of fused-ring (bicyclic) bond motifs is 2. The van der Waals surface area contributed by atoms with Gasteiger partial charge in [-0.05, 0) is 40.6 Å². The first kappa shape index (κ1) is 18.8. The molecule has 2 aromatic heterocycles. The highest BCUT2D eigenvalue weighted by Crippen LogP contribution is 2.34. The van der Waals surface area contributed by atoms with Crippen LogP contribution in [0.1, 0.15) is 5.56 Å². The van der Waals surface area contributed by atoms with Gasteiger partial charge in [-0.2, -0.15) is 5.10 Å². The summed E-state index contributed by atoms with van der Waals surface area (Å²) < 4.78 is 8.04. The maximum Gasteiger partial charge on any atom is 0.231 e. The van der Waals surface area contributed by atoms with E-state index < -0.39 is 0 Å². The lowest BCUT2D eigenvalue weighted by Gasteiger charge is -2.03. The average Bonchev–Trinajstić information content (AvgIpc) is 3.43. The lowest BCUT2D eigenvalue weighted by Crippen LogP contribution is -2.00. The van der Waals surface area contributed by atoms with Gasteiger partial charge in [-0.3, -0.25) is 4.68 Å². The summed E-state index contributed by atoms with van der Waals surface area (Å²) in [6.45, 7) is 0.660. The molecule has 0 aliphatic rings. The largest absolute Gasteiger partial charge is 0.436 e. The molecule has 4 aromatic carbocycles. The molecule has 0 spiro atoms. The van der Waals surface area contributed by atoms with Crippen LogP contribution in [0.25, 0.3) is 44.6 Å². The second kappa shape index (κ2) is 7.66. The van der Waals surface area contributed by atoms with Gasteiger partial charge in [-0.25, -0.2) is 4.98 Å². The molecular weight excluding hydrogens is 418 g/mol. The van der Waals surface area contributed by atoms with Crippen LogP contribution in [0.3, 0.4) is 0 Å². The van der Waals surface area contributed by atoms with Crippen LogP contribution in [0, 0.1) is 0 Å². The molecule has 0 N–H and O–H groups in total. The van der Waals surface area contributed by atoms with E-state index in [-0.39, 0.29) is 0 Å². The summed E-state index contributed by atoms with van der Waals surface area (Å²) in [4.78, 5) is 4.71. The maximum atomic E-state index is 6.15. The van der Waals surface area contributed by atoms with Gasteiger partial charge >= 0.3 is 0 Å². The zero-order valence-corrected chi connectivity index (χ0v) is 17.8. The van der Waals surface area contributed by atoms with Crippen molar-refractivity contribution < 1.29 is 4.42 Å². The summed E-state index contributed by atoms with van der Waals surface area (Å²) in [7, 11) is 0. The van der Waals surface area contributed by atoms with Crippen LogP contribution >= 0.6 is 11.6 Å². The Bertz CT molecular complexity index is 1570. The quantitative estimate of drug-likeness (QED) is 0.293. The zero-order chi connectivity index (χ0) is 21.5. The Morgan fingerprint density at radius 3 is 2.50 bits per heavy atom. The van der Waals surface area contributed by atoms with Gasteiger partial charge in [0, 0.05) is 16.8 Å². The number of hydrogen-bond donors (Lipinski definition) is 0. The number of nitrogens with zero attached hydrogens (tertiary/aromatic N) is 3. The zero-order valence-electron chi connectivity index (χ0n) is 17.1. The molecule has 5 heteroatoms. The molecule has 0 amide bonds. The Labute approximate surface area is 189 Å². The molecule has 6 rings (SSSR count). The molecule has 0 radical (unpaired) electrons. The number of hydrogen-bond acceptors (Lipinski definition) is 3. The first-order chi connectivity index (χ1) is 15.7. The molecule has 0 bridgehead atoms. The van der Waals surface area contributed by atoms with Crippen molar-refractivity contribution in [2.75, 3.05) is 0 Å². The minimum atomic E-state index is 0.532. The van der Waals surface area contributed by atoms with Crippen molar-refractivity contribution in [1.82, 2.24) is 14.8 Å². The van der Waals surface area contributed by atoms with Crippen molar-refractivity contribution in [3.63, 3.8) is 0 Å². The van der Waals surface area contributed by atoms with Crippen LogP contribution in [-0.4, -0.2) is 14.8 Å². The monoisotopic (exact) mass is 435 g/mol. The van der Waals surface area contributed by atoms with E-state index in [1.807, 2.05) is 59.4 Å². The molecule has 0 aliphatic heterocycles. The molecule has 154 valence electrons. The number of benzene rings is 4. The predicted molar refractivity (Wildman–Crippen MR) is 129 cm³/mol. The third kappa shape index (κ3) is 3.45. The molecule has 32 heavy (non-hydrogen) atoms. The summed E-state index contributed by atoms with van der Waals surface area (Å²) in [6.07, 6.45) is 2.00. The molecule has 0 saturated carbocycles. The van der Waals surface area contributed by atoms with E-state index in [4.69, 9.17) is 26.1 Å². The predicted octanol–water partition coefficient (Wildman–Crippen LogP) is 7.21. The van der Waals surface area contributed by atoms with Gasteiger partial charge in [0.25, 0.3) is 0 Å². The van der Waals surface area contributed by atoms with Crippen molar-refractivity contribution in [2.24, 2.45) is 0 Å². The highest BCUT2D eigenvalue weighted by molar-refractivity contribution is 6.31. The molecule has 0 saturated heterocycles. The first-order valence-electron chi connectivity index (χ1n) is 10.4. The molecule has 4 nitrogen and oxygen atoms in total. The van der Waals surface area contributed by atoms with Gasteiger partial charge in [0.15, 0.2) is 5.58 Å². The fourth-order valence-electron chi connectivity index (χ4n) is 3.99. The number of rotatable bonds is 4. The van der Waals surface area contributed by atoms with Crippen LogP contribution < -0.4 is 0 Å². The average molecular weight is 436 g/mol. The minimum Gasteiger partial charge on any atom is -0.436 e. The number of oxazole rings is 1. The topological polar surface area (TPSA) is 43.9 Å². The van der Waals surface area contributed by atoms with Gasteiger partial charge in [0.05, 0.1) is 12.1 Å². The van der Waals surface area contributed by atoms with E-state index in [0.717, 1.165) is 27.7 Å². The third-order valence-electron chi connectivity index (χ3n) is 5.55. The van der Waals surface area contributed by atoms with Crippen LogP contribution in [0.5, 0.6) is 0 Å². The Hall–Kier alpha value is -3.89. The summed E-state index contributed by atoms with van der Waals surface area (Å²) in [5.41, 5.74) is 5.31. The molecule has 0 unspecified atom stereocenters. The summed E-state index contributed by atoms with van der Waals surface area (Å²) >= 11 is 6.15. The standard InChI is InChI=1S/C27H18ClN3O/c28-22-12-13-25-24(15-22)29-27(32-25)23-17-31(16-18-6-2-1-3-7-18)30-26(23)21-11-10-19-8-4-5-9-20(19)14-21/h1-15,17H,16H2. The van der Waals surface area contributed by atoms with Crippen LogP contribution in [0.15, 0.2) is 102 Å². The number of halogens is 1. The molecule has 0 fully saturated rings. The van der Waals surface area contributed by atoms with E-state index in [0.29, 0.717) is 23.0 Å². The maximum absolute atomic E-state index is 6.15. The lowest BCUT2D eigenvalue weighted by molar-refractivity contribution is 0.619. The molecule has 0 atom stereocenters. The van der Waals surface area contributed by atoms with Gasteiger partial charge in [-0.15, -0.1) is 0 Å². The Morgan fingerprint density at radius 1 is 0.812 bits per heavy atom.